The van der Waals surface area contributed by atoms with Crippen LogP contribution in [0.5, 0.6) is 0 Å². The molecule has 0 radical (unpaired) electrons. The number of esters is 1. The first kappa shape index (κ1) is 56.3. The maximum Gasteiger partial charge on any atom is 0.501 e. The molecule has 7 rings (SSSR count). The quantitative estimate of drug-likeness (QED) is 0.0394. The molecule has 1 aliphatic carbocycles. The number of carbonyl (C=O) groups excluding carboxylic acids is 2. The van der Waals surface area contributed by atoms with E-state index < -0.39 is 78.6 Å². The second-order valence-corrected chi connectivity index (χ2v) is 26.1. The number of ether oxygens (including phenoxy) is 1. The van der Waals surface area contributed by atoms with E-state index in [-0.39, 0.29) is 23.2 Å². The number of sulfonamides is 1. The number of hydrogen-bond acceptors (Lipinski definition) is 13. The molecule has 23 heteroatoms. The van der Waals surface area contributed by atoms with E-state index in [0.717, 1.165) is 61.6 Å². The molecule has 2 aliphatic heterocycles. The summed E-state index contributed by atoms with van der Waals surface area (Å²) in [5, 5.41) is 3.63. The van der Waals surface area contributed by atoms with Crippen molar-refractivity contribution in [3.05, 3.63) is 119 Å². The minimum Gasteiger partial charge on any atom is -0.452 e. The summed E-state index contributed by atoms with van der Waals surface area (Å²) >= 11 is 7.55. The van der Waals surface area contributed by atoms with Gasteiger partial charge in [0.2, 0.25) is 0 Å². The second kappa shape index (κ2) is 23.6. The Morgan fingerprint density at radius 3 is 2.18 bits per heavy atom. The van der Waals surface area contributed by atoms with E-state index in [1.165, 1.54) is 40.6 Å². The number of piperazine rings is 1. The molecule has 15 nitrogen and oxygen atoms in total. The number of nitrogens with one attached hydrogen (secondary N) is 2. The highest BCUT2D eigenvalue weighted by atomic mass is 35.5. The monoisotopic (exact) mass is 1110 g/mol. The Kier molecular flexibility index (Phi) is 18.2. The lowest BCUT2D eigenvalue weighted by molar-refractivity contribution is -0.148. The molecule has 0 spiro atoms. The standard InChI is InChI=1S/C50H60ClF3N5O10PS3/c1-49(2)22-18-44(35-8-12-39(51)13-9-35)38(31-49)32-58-26-28-59(29-27-58)41-14-10-36(11-15-41)47(60)56-73(67,68)43-16-17-45(46(30-43)72(65,66)50(52,53)54)55-40(33-71-42-6-4-3-5-7-42)21-25-57-23-19-37(20-24-57)48(61)69-34-70(62,63)64/h3-17,30,37,40,55H,18-29,31-34H2,1-2H3,(H,56,60)(H2,62,63,64). The van der Waals surface area contributed by atoms with Crippen molar-refractivity contribution in [1.82, 2.24) is 14.5 Å². The second-order valence-electron chi connectivity index (χ2n) is 19.4. The zero-order valence-electron chi connectivity index (χ0n) is 40.4. The van der Waals surface area contributed by atoms with Crippen LogP contribution in [0, 0.1) is 11.3 Å². The van der Waals surface area contributed by atoms with Crippen molar-refractivity contribution in [2.45, 2.75) is 78.6 Å². The fourth-order valence-electron chi connectivity index (χ4n) is 9.32. The van der Waals surface area contributed by atoms with E-state index in [9.17, 15) is 44.2 Å². The third-order valence-electron chi connectivity index (χ3n) is 13.4. The predicted molar refractivity (Wildman–Crippen MR) is 277 cm³/mol. The molecule has 0 aromatic heterocycles. The highest BCUT2D eigenvalue weighted by molar-refractivity contribution is 7.99. The average Bonchev–Trinajstić information content (AvgIpc) is 3.34. The van der Waals surface area contributed by atoms with Gasteiger partial charge in [0.05, 0.1) is 16.5 Å². The minimum atomic E-state index is -6.16. The zero-order valence-corrected chi connectivity index (χ0v) is 44.5. The molecule has 4 N–H and O–H groups in total. The summed E-state index contributed by atoms with van der Waals surface area (Å²) in [5.74, 6) is -2.13. The lowest BCUT2D eigenvalue weighted by atomic mass is 9.73. The molecule has 2 fully saturated rings. The maximum atomic E-state index is 14.3. The Morgan fingerprint density at radius 2 is 1.55 bits per heavy atom. The molecule has 73 heavy (non-hydrogen) atoms. The third-order valence-corrected chi connectivity index (χ3v) is 18.1. The molecule has 2 saturated heterocycles. The summed E-state index contributed by atoms with van der Waals surface area (Å²) in [6.45, 7) is 9.60. The van der Waals surface area contributed by atoms with Crippen LogP contribution in [0.4, 0.5) is 24.5 Å². The van der Waals surface area contributed by atoms with Crippen molar-refractivity contribution in [2.75, 3.05) is 74.7 Å². The van der Waals surface area contributed by atoms with Crippen molar-refractivity contribution >= 4 is 79.6 Å². The average molecular weight is 1110 g/mol. The number of benzene rings is 4. The van der Waals surface area contributed by atoms with Crippen molar-refractivity contribution < 1.29 is 58.7 Å². The molecule has 4 aromatic rings. The Morgan fingerprint density at radius 1 is 0.890 bits per heavy atom. The van der Waals surface area contributed by atoms with Crippen molar-refractivity contribution in [3.8, 4) is 0 Å². The summed E-state index contributed by atoms with van der Waals surface area (Å²) in [4.78, 5) is 49.1. The molecular formula is C50H60ClF3N5O10PS3. The molecule has 0 saturated carbocycles. The number of amides is 1. The van der Waals surface area contributed by atoms with Gasteiger partial charge in [-0.3, -0.25) is 19.1 Å². The normalized spacial score (nSPS) is 18.1. The van der Waals surface area contributed by atoms with Gasteiger partial charge in [-0.05, 0) is 135 Å². The number of hydrogen-bond donors (Lipinski definition) is 4. The summed E-state index contributed by atoms with van der Waals surface area (Å²) in [7, 11) is -15.6. The number of halogens is 4. The number of carbonyl (C=O) groups is 2. The van der Waals surface area contributed by atoms with Crippen LogP contribution in [0.2, 0.25) is 5.02 Å². The van der Waals surface area contributed by atoms with Crippen LogP contribution < -0.4 is 14.9 Å². The van der Waals surface area contributed by atoms with E-state index >= 15 is 0 Å². The smallest absolute Gasteiger partial charge is 0.452 e. The zero-order chi connectivity index (χ0) is 52.8. The number of allylic oxidation sites excluding steroid dienone is 1. The molecule has 396 valence electrons. The van der Waals surface area contributed by atoms with E-state index in [4.69, 9.17) is 26.1 Å². The van der Waals surface area contributed by atoms with E-state index in [1.807, 2.05) is 40.0 Å². The van der Waals surface area contributed by atoms with Crippen LogP contribution in [0.3, 0.4) is 0 Å². The molecule has 1 atom stereocenters. The van der Waals surface area contributed by atoms with E-state index in [2.05, 4.69) is 41.1 Å². The summed E-state index contributed by atoms with van der Waals surface area (Å²) in [6.07, 6.45) is 3.00. The molecule has 2 heterocycles. The Labute approximate surface area is 434 Å². The van der Waals surface area contributed by atoms with Crippen LogP contribution >= 0.6 is 31.0 Å². The molecule has 4 aromatic carbocycles. The number of alkyl halides is 3. The van der Waals surface area contributed by atoms with Gasteiger partial charge in [0, 0.05) is 72.2 Å². The number of rotatable bonds is 19. The van der Waals surface area contributed by atoms with Crippen LogP contribution in [0.1, 0.15) is 68.3 Å². The number of nitrogens with zero attached hydrogens (tertiary/aromatic N) is 3. The summed E-state index contributed by atoms with van der Waals surface area (Å²) in [6, 6.07) is 25.0. The first-order valence-corrected chi connectivity index (χ1v) is 29.9. The topological polar surface area (TPSA) is 203 Å². The van der Waals surface area contributed by atoms with E-state index in [1.54, 1.807) is 24.3 Å². The van der Waals surface area contributed by atoms with Gasteiger partial charge in [0.15, 0.2) is 6.35 Å². The van der Waals surface area contributed by atoms with Crippen molar-refractivity contribution in [2.24, 2.45) is 11.3 Å². The fourth-order valence-corrected chi connectivity index (χ4v) is 12.8. The van der Waals surface area contributed by atoms with Gasteiger partial charge in [-0.2, -0.15) is 13.2 Å². The van der Waals surface area contributed by atoms with Gasteiger partial charge in [-0.15, -0.1) is 11.8 Å². The summed E-state index contributed by atoms with van der Waals surface area (Å²) in [5.41, 5.74) is -1.35. The summed E-state index contributed by atoms with van der Waals surface area (Å²) < 4.78 is 114. The first-order chi connectivity index (χ1) is 34.4. The van der Waals surface area contributed by atoms with Crippen LogP contribution in [-0.4, -0.2) is 124 Å². The van der Waals surface area contributed by atoms with Crippen molar-refractivity contribution in [1.29, 1.82) is 0 Å². The Balaban J connectivity index is 1.01. The largest absolute Gasteiger partial charge is 0.501 e. The number of anilines is 2. The highest BCUT2D eigenvalue weighted by Crippen LogP contribution is 2.43. The molecular weight excluding hydrogens is 1050 g/mol. The molecule has 3 aliphatic rings. The molecule has 0 bridgehead atoms. The van der Waals surface area contributed by atoms with Gasteiger partial charge >= 0.3 is 19.1 Å². The molecule has 1 unspecified atom stereocenters. The number of piperidine rings is 1. The fraction of sp³-hybridized carbons (Fsp3) is 0.440. The highest BCUT2D eigenvalue weighted by Gasteiger charge is 2.48. The van der Waals surface area contributed by atoms with Gasteiger partial charge < -0.3 is 29.6 Å². The Bertz CT molecular complexity index is 2900. The first-order valence-electron chi connectivity index (χ1n) is 23.8. The Hall–Kier alpha value is -4.44. The van der Waals surface area contributed by atoms with Gasteiger partial charge in [-0.1, -0.05) is 61.4 Å². The number of thioether (sulfide) groups is 1. The van der Waals surface area contributed by atoms with Gasteiger partial charge in [0.1, 0.15) is 4.90 Å². The van der Waals surface area contributed by atoms with Crippen molar-refractivity contribution in [3.63, 3.8) is 0 Å². The third kappa shape index (κ3) is 15.3. The number of sulfone groups is 1. The van der Waals surface area contributed by atoms with Crippen LogP contribution in [0.25, 0.3) is 5.57 Å². The molecule has 1 amide bonds. The number of likely N-dealkylation sites (tertiary alicyclic amines) is 1. The lowest BCUT2D eigenvalue weighted by Crippen LogP contribution is -2.47. The van der Waals surface area contributed by atoms with E-state index in [0.29, 0.717) is 56.7 Å². The van der Waals surface area contributed by atoms with Crippen LogP contribution in [-0.2, 0) is 34.0 Å². The lowest BCUT2D eigenvalue weighted by Gasteiger charge is -2.39. The van der Waals surface area contributed by atoms with Gasteiger partial charge in [0.25, 0.3) is 25.8 Å². The van der Waals surface area contributed by atoms with Crippen LogP contribution in [0.15, 0.2) is 117 Å². The maximum absolute atomic E-state index is 14.3. The minimum absolute atomic E-state index is 0.0446. The van der Waals surface area contributed by atoms with Gasteiger partial charge in [-0.25, -0.2) is 21.6 Å². The SMILES string of the molecule is CC1(C)CCC(c2ccc(Cl)cc2)=C(CN2CCN(c3ccc(C(=O)NS(=O)(=O)c4ccc(NC(CCN5CCC(C(=O)OCP(=O)(O)O)CC5)CSc5ccccc5)c(S(=O)(=O)C(F)(F)F)c4)cc3)CC2)C1. The predicted octanol–water partition coefficient (Wildman–Crippen LogP) is 8.89.